The summed E-state index contributed by atoms with van der Waals surface area (Å²) in [5.74, 6) is -0.0219. The van der Waals surface area contributed by atoms with Crippen molar-refractivity contribution in [1.82, 2.24) is 23.5 Å². The first-order valence-electron chi connectivity index (χ1n) is 11.0. The second-order valence-electron chi connectivity index (χ2n) is 8.63. The molecule has 4 aromatic rings. The van der Waals surface area contributed by atoms with Crippen LogP contribution in [0.15, 0.2) is 69.4 Å². The quantitative estimate of drug-likeness (QED) is 0.338. The molecule has 11 nitrogen and oxygen atoms in total. The molecule has 0 aliphatic heterocycles. The maximum absolute atomic E-state index is 13.5. The van der Waals surface area contributed by atoms with Crippen molar-refractivity contribution in [3.63, 3.8) is 0 Å². The number of benzene rings is 2. The average Bonchev–Trinajstić information content (AvgIpc) is 3.39. The zero-order valence-electron chi connectivity index (χ0n) is 20.2. The molecule has 0 unspecified atom stereocenters. The Morgan fingerprint density at radius 1 is 1.11 bits per heavy atom. The molecule has 0 aliphatic rings. The number of hydrogen-bond acceptors (Lipinski definition) is 9. The van der Waals surface area contributed by atoms with Crippen LogP contribution in [0.25, 0.3) is 0 Å². The molecule has 4 rings (SSSR count). The van der Waals surface area contributed by atoms with Crippen molar-refractivity contribution in [2.24, 2.45) is 10.4 Å². The monoisotopic (exact) mass is 542 g/mol. The van der Waals surface area contributed by atoms with E-state index in [1.807, 2.05) is 0 Å². The molecule has 37 heavy (non-hydrogen) atoms. The summed E-state index contributed by atoms with van der Waals surface area (Å²) in [6.45, 7) is 3.10. The van der Waals surface area contributed by atoms with Crippen LogP contribution >= 0.6 is 23.1 Å². The Balaban J connectivity index is 1.78. The summed E-state index contributed by atoms with van der Waals surface area (Å²) in [7, 11) is 1.25. The van der Waals surface area contributed by atoms with Gasteiger partial charge in [0.2, 0.25) is 5.62 Å². The molecule has 0 amide bonds. The average molecular weight is 543 g/mol. The number of esters is 1. The van der Waals surface area contributed by atoms with Gasteiger partial charge in [0, 0.05) is 23.1 Å². The number of carbonyl (C=O) groups is 1. The summed E-state index contributed by atoms with van der Waals surface area (Å²) in [5.41, 5.74) is -1.19. The number of carbonyl (C=O) groups excluding carboxylic acids is 1. The maximum Gasteiger partial charge on any atom is 0.335 e. The first-order valence-corrected chi connectivity index (χ1v) is 12.2. The van der Waals surface area contributed by atoms with Crippen LogP contribution in [0, 0.1) is 5.41 Å². The van der Waals surface area contributed by atoms with Gasteiger partial charge in [0.05, 0.1) is 24.8 Å². The molecule has 0 spiro atoms. The summed E-state index contributed by atoms with van der Waals surface area (Å²) in [6.07, 6.45) is 1.40. The lowest BCUT2D eigenvalue weighted by Gasteiger charge is -2.22. The normalized spacial score (nSPS) is 11.9. The van der Waals surface area contributed by atoms with Gasteiger partial charge in [-0.25, -0.2) is 19.1 Å². The van der Waals surface area contributed by atoms with Gasteiger partial charge in [0.1, 0.15) is 12.1 Å². The molecule has 1 N–H and O–H groups in total. The lowest BCUT2D eigenvalue weighted by Crippen LogP contribution is -2.52. The van der Waals surface area contributed by atoms with Crippen LogP contribution in [0.4, 0.5) is 5.69 Å². The van der Waals surface area contributed by atoms with E-state index in [1.54, 1.807) is 62.4 Å². The Hall–Kier alpha value is -4.03. The van der Waals surface area contributed by atoms with Gasteiger partial charge in [-0.15, -0.1) is 0 Å². The predicted octanol–water partition coefficient (Wildman–Crippen LogP) is 3.12. The molecule has 13 heteroatoms. The van der Waals surface area contributed by atoms with Crippen molar-refractivity contribution in [1.29, 1.82) is 0 Å². The highest BCUT2D eigenvalue weighted by atomic mass is 35.5. The van der Waals surface area contributed by atoms with E-state index in [9.17, 15) is 14.4 Å². The topological polar surface area (TPSA) is 133 Å². The molecule has 0 aliphatic carbocycles. The molecule has 0 atom stereocenters. The first-order chi connectivity index (χ1) is 17.7. The van der Waals surface area contributed by atoms with Crippen LogP contribution in [0.1, 0.15) is 19.4 Å². The lowest BCUT2D eigenvalue weighted by atomic mass is 9.94. The highest BCUT2D eigenvalue weighted by Crippen LogP contribution is 2.24. The number of rotatable bonds is 8. The molecule has 0 radical (unpaired) electrons. The Morgan fingerprint density at radius 3 is 2.43 bits per heavy atom. The van der Waals surface area contributed by atoms with Gasteiger partial charge >= 0.3 is 17.3 Å². The molecule has 0 bridgehead atoms. The first kappa shape index (κ1) is 26.0. The van der Waals surface area contributed by atoms with E-state index in [2.05, 4.69) is 19.3 Å². The van der Waals surface area contributed by atoms with Crippen molar-refractivity contribution in [3.8, 4) is 10.9 Å². The number of ether oxygens (including phenoxy) is 2. The summed E-state index contributed by atoms with van der Waals surface area (Å²) in [4.78, 5) is 49.8. The van der Waals surface area contributed by atoms with E-state index < -0.39 is 22.8 Å². The van der Waals surface area contributed by atoms with Crippen LogP contribution in [-0.2, 0) is 22.6 Å². The molecule has 0 fully saturated rings. The summed E-state index contributed by atoms with van der Waals surface area (Å²) in [5, 5.41) is 0.946. The fourth-order valence-corrected chi connectivity index (χ4v) is 3.99. The Morgan fingerprint density at radius 2 is 1.81 bits per heavy atom. The molecular weight excluding hydrogens is 520 g/mol. The second kappa shape index (κ2) is 10.9. The van der Waals surface area contributed by atoms with Crippen molar-refractivity contribution < 1.29 is 14.3 Å². The van der Waals surface area contributed by atoms with Gasteiger partial charge in [0.25, 0.3) is 5.19 Å². The number of methoxy groups -OCH3 is 1. The third kappa shape index (κ3) is 6.22. The van der Waals surface area contributed by atoms with Crippen LogP contribution in [0.3, 0.4) is 0 Å². The molecule has 0 saturated heterocycles. The number of hydrogen-bond donors (Lipinski definition) is 1. The molecule has 2 heterocycles. The third-order valence-electron chi connectivity index (χ3n) is 5.34. The number of nitrogens with zero attached hydrogens (tertiary/aromatic N) is 5. The number of nitrogens with one attached hydrogen (secondary N) is 1. The van der Waals surface area contributed by atoms with Crippen molar-refractivity contribution in [3.05, 3.63) is 92.0 Å². The SMILES string of the molecule is COC(=O)C(C)(C)Cn1c(=O)[nH]/c(=N\c2ccc(Oc3ncns3)cc2)n(Cc2ccc(Cl)cc2)c1=O. The van der Waals surface area contributed by atoms with E-state index in [0.29, 0.717) is 21.7 Å². The number of halogens is 1. The Bertz CT molecular complexity index is 1570. The van der Waals surface area contributed by atoms with E-state index >= 15 is 0 Å². The highest BCUT2D eigenvalue weighted by molar-refractivity contribution is 7.07. The Kier molecular flexibility index (Phi) is 7.69. The van der Waals surface area contributed by atoms with Gasteiger partial charge in [-0.3, -0.25) is 14.3 Å². The Labute approximate surface area is 219 Å². The zero-order valence-corrected chi connectivity index (χ0v) is 21.7. The van der Waals surface area contributed by atoms with Crippen LogP contribution in [0.2, 0.25) is 5.02 Å². The van der Waals surface area contributed by atoms with Gasteiger partial charge in [-0.1, -0.05) is 23.7 Å². The fraction of sp³-hybridized carbons (Fsp3) is 0.250. The maximum atomic E-state index is 13.5. The summed E-state index contributed by atoms with van der Waals surface area (Å²) < 4.78 is 16.6. The zero-order chi connectivity index (χ0) is 26.6. The van der Waals surface area contributed by atoms with Gasteiger partial charge < -0.3 is 9.47 Å². The minimum Gasteiger partial charge on any atom is -0.469 e. The highest BCUT2D eigenvalue weighted by Gasteiger charge is 2.31. The smallest absolute Gasteiger partial charge is 0.335 e. The van der Waals surface area contributed by atoms with E-state index in [4.69, 9.17) is 21.1 Å². The standard InChI is InChI=1S/C24H23ClN6O5S/c1-24(2,19(32)35-3)13-31-21(33)29-20(30(23(31)34)12-15-4-6-16(25)7-5-15)28-17-8-10-18(11-9-17)36-22-26-14-27-37-22/h4-11,14H,12-13H2,1-3H3,(H,28,29,33). The van der Waals surface area contributed by atoms with E-state index in [0.717, 1.165) is 21.7 Å². The van der Waals surface area contributed by atoms with E-state index in [-0.39, 0.29) is 18.7 Å². The third-order valence-corrected chi connectivity index (χ3v) is 6.14. The van der Waals surface area contributed by atoms with Crippen LogP contribution in [0.5, 0.6) is 10.9 Å². The van der Waals surface area contributed by atoms with Crippen LogP contribution in [-0.4, -0.2) is 36.6 Å². The molecule has 2 aromatic carbocycles. The predicted molar refractivity (Wildman–Crippen MR) is 137 cm³/mol. The number of aromatic nitrogens is 5. The molecular formula is C24H23ClN6O5S. The van der Waals surface area contributed by atoms with Crippen LogP contribution < -0.4 is 21.7 Å². The number of aromatic amines is 1. The molecule has 0 saturated carbocycles. The van der Waals surface area contributed by atoms with Gasteiger partial charge in [-0.2, -0.15) is 9.36 Å². The minimum atomic E-state index is -1.12. The molecule has 192 valence electrons. The second-order valence-corrected chi connectivity index (χ2v) is 9.80. The van der Waals surface area contributed by atoms with Gasteiger partial charge in [0.15, 0.2) is 0 Å². The van der Waals surface area contributed by atoms with Crippen molar-refractivity contribution in [2.45, 2.75) is 26.9 Å². The van der Waals surface area contributed by atoms with E-state index in [1.165, 1.54) is 18.0 Å². The largest absolute Gasteiger partial charge is 0.469 e. The number of H-pyrrole nitrogens is 1. The summed E-state index contributed by atoms with van der Waals surface area (Å²) in [6, 6.07) is 13.7. The van der Waals surface area contributed by atoms with Gasteiger partial charge in [-0.05, 0) is 55.8 Å². The fourth-order valence-electron chi connectivity index (χ4n) is 3.45. The lowest BCUT2D eigenvalue weighted by molar-refractivity contribution is -0.151. The minimum absolute atomic E-state index is 0.0369. The summed E-state index contributed by atoms with van der Waals surface area (Å²) >= 11 is 7.12. The van der Waals surface area contributed by atoms with Crippen molar-refractivity contribution in [2.75, 3.05) is 7.11 Å². The molecule has 2 aromatic heterocycles. The van der Waals surface area contributed by atoms with Crippen molar-refractivity contribution >= 4 is 34.8 Å².